The van der Waals surface area contributed by atoms with E-state index in [4.69, 9.17) is 9.47 Å². The molecule has 8 nitrogen and oxygen atoms in total. The van der Waals surface area contributed by atoms with E-state index in [1.165, 1.54) is 7.11 Å². The third-order valence-electron chi connectivity index (χ3n) is 4.90. The average Bonchev–Trinajstić information content (AvgIpc) is 2.80. The Labute approximate surface area is 185 Å². The van der Waals surface area contributed by atoms with Gasteiger partial charge in [0.05, 0.1) is 13.5 Å². The first kappa shape index (κ1) is 22.7. The van der Waals surface area contributed by atoms with Crippen LogP contribution >= 0.6 is 0 Å². The highest BCUT2D eigenvalue weighted by atomic mass is 16.6. The molecule has 1 aliphatic rings. The molecule has 32 heavy (non-hydrogen) atoms. The van der Waals surface area contributed by atoms with E-state index < -0.39 is 36.0 Å². The fraction of sp³-hybridized carbons (Fsp3) is 0.250. The molecule has 0 bridgehead atoms. The number of benzene rings is 2. The minimum atomic E-state index is -1.18. The van der Waals surface area contributed by atoms with Crippen LogP contribution in [-0.2, 0) is 30.3 Å². The molecule has 1 N–H and O–H groups in total. The molecule has 0 aromatic heterocycles. The second kappa shape index (κ2) is 9.91. The molecule has 0 radical (unpaired) electrons. The van der Waals surface area contributed by atoms with Crippen LogP contribution in [0.15, 0.2) is 71.9 Å². The topological polar surface area (TPSA) is 102 Å². The van der Waals surface area contributed by atoms with Gasteiger partial charge < -0.3 is 14.8 Å². The van der Waals surface area contributed by atoms with E-state index in [2.05, 4.69) is 5.32 Å². The number of hydrogen-bond acceptors (Lipinski definition) is 6. The van der Waals surface area contributed by atoms with Crippen LogP contribution in [0.5, 0.6) is 0 Å². The Kier molecular flexibility index (Phi) is 7.04. The van der Waals surface area contributed by atoms with Crippen LogP contribution in [0, 0.1) is 0 Å². The number of methoxy groups -OCH3 is 1. The Morgan fingerprint density at radius 3 is 2.12 bits per heavy atom. The maximum Gasteiger partial charge on any atom is 0.354 e. The van der Waals surface area contributed by atoms with E-state index in [0.29, 0.717) is 11.1 Å². The van der Waals surface area contributed by atoms with E-state index in [0.717, 1.165) is 10.5 Å². The number of amides is 2. The summed E-state index contributed by atoms with van der Waals surface area (Å²) in [7, 11) is 1.20. The van der Waals surface area contributed by atoms with Gasteiger partial charge in [-0.2, -0.15) is 0 Å². The summed E-state index contributed by atoms with van der Waals surface area (Å²) in [6.07, 6.45) is -1.21. The highest BCUT2D eigenvalue weighted by Crippen LogP contribution is 2.29. The maximum absolute atomic E-state index is 12.9. The lowest BCUT2D eigenvalue weighted by molar-refractivity contribution is -0.187. The summed E-state index contributed by atoms with van der Waals surface area (Å²) >= 11 is 0. The van der Waals surface area contributed by atoms with E-state index in [1.54, 1.807) is 68.4 Å². The van der Waals surface area contributed by atoms with Gasteiger partial charge in [0.1, 0.15) is 5.70 Å². The SMILES string of the molecule is COC(=O)C(=C(C)C)N1C(=O)[C@@H](NC(=O)c2ccccc2)[C@H]1OC(=O)Cc1ccccc1. The molecule has 2 aromatic rings. The standard InChI is InChI=1S/C24H24N2O6/c1-15(2)20(24(30)31-3)26-22(29)19(25-21(28)17-12-8-5-9-13-17)23(26)32-18(27)14-16-10-6-4-7-11-16/h4-13,19,23H,14H2,1-3H3,(H,25,28)/t19-,23-/m1/s1. The van der Waals surface area contributed by atoms with Gasteiger partial charge in [0.25, 0.3) is 11.8 Å². The van der Waals surface area contributed by atoms with Crippen molar-refractivity contribution < 1.29 is 28.7 Å². The summed E-state index contributed by atoms with van der Waals surface area (Å²) in [6, 6.07) is 16.2. The van der Waals surface area contributed by atoms with Crippen molar-refractivity contribution in [3.8, 4) is 0 Å². The highest BCUT2D eigenvalue weighted by Gasteiger charge is 2.54. The van der Waals surface area contributed by atoms with Gasteiger partial charge in [0, 0.05) is 5.56 Å². The number of carbonyl (C=O) groups excluding carboxylic acids is 4. The molecule has 1 fully saturated rings. The summed E-state index contributed by atoms with van der Waals surface area (Å²) < 4.78 is 10.4. The van der Waals surface area contributed by atoms with Crippen molar-refractivity contribution in [3.05, 3.63) is 83.1 Å². The zero-order chi connectivity index (χ0) is 23.3. The third kappa shape index (κ3) is 4.85. The first-order chi connectivity index (χ1) is 15.3. The van der Waals surface area contributed by atoms with Gasteiger partial charge >= 0.3 is 11.9 Å². The number of allylic oxidation sites excluding steroid dienone is 1. The van der Waals surface area contributed by atoms with Crippen molar-refractivity contribution in [1.29, 1.82) is 0 Å². The number of nitrogens with zero attached hydrogens (tertiary/aromatic N) is 1. The fourth-order valence-electron chi connectivity index (χ4n) is 3.35. The first-order valence-corrected chi connectivity index (χ1v) is 10.0. The van der Waals surface area contributed by atoms with Crippen LogP contribution in [0.3, 0.4) is 0 Å². The fourth-order valence-corrected chi connectivity index (χ4v) is 3.35. The monoisotopic (exact) mass is 436 g/mol. The number of likely N-dealkylation sites (tertiary alicyclic amines) is 1. The van der Waals surface area contributed by atoms with Crippen LogP contribution < -0.4 is 5.32 Å². The molecule has 1 heterocycles. The quantitative estimate of drug-likeness (QED) is 0.406. The molecule has 2 atom stereocenters. The largest absolute Gasteiger partial charge is 0.464 e. The first-order valence-electron chi connectivity index (χ1n) is 10.0. The van der Waals surface area contributed by atoms with Crippen LogP contribution in [0.1, 0.15) is 29.8 Å². The molecule has 1 aliphatic heterocycles. The molecular formula is C24H24N2O6. The summed E-state index contributed by atoms with van der Waals surface area (Å²) in [5.41, 5.74) is 1.56. The molecule has 1 saturated heterocycles. The summed E-state index contributed by atoms with van der Waals surface area (Å²) in [6.45, 7) is 3.27. The molecular weight excluding hydrogens is 412 g/mol. The van der Waals surface area contributed by atoms with Gasteiger partial charge in [-0.15, -0.1) is 0 Å². The van der Waals surface area contributed by atoms with Crippen molar-refractivity contribution in [1.82, 2.24) is 10.2 Å². The van der Waals surface area contributed by atoms with Gasteiger partial charge in [0.15, 0.2) is 6.04 Å². The molecule has 0 unspecified atom stereocenters. The van der Waals surface area contributed by atoms with E-state index >= 15 is 0 Å². The Bertz CT molecular complexity index is 1040. The van der Waals surface area contributed by atoms with Crippen LogP contribution in [0.4, 0.5) is 0 Å². The zero-order valence-corrected chi connectivity index (χ0v) is 18.0. The van der Waals surface area contributed by atoms with Gasteiger partial charge in [-0.1, -0.05) is 48.5 Å². The number of hydrogen-bond donors (Lipinski definition) is 1. The molecule has 3 rings (SSSR count). The van der Waals surface area contributed by atoms with Crippen molar-refractivity contribution in [3.63, 3.8) is 0 Å². The number of carbonyl (C=O) groups is 4. The van der Waals surface area contributed by atoms with E-state index in [-0.39, 0.29) is 12.1 Å². The van der Waals surface area contributed by atoms with Crippen LogP contribution in [0.25, 0.3) is 0 Å². The maximum atomic E-state index is 12.9. The number of rotatable bonds is 7. The molecule has 2 aromatic carbocycles. The van der Waals surface area contributed by atoms with Gasteiger partial charge in [-0.05, 0) is 37.1 Å². The normalized spacial score (nSPS) is 17.1. The average molecular weight is 436 g/mol. The van der Waals surface area contributed by atoms with E-state index in [9.17, 15) is 19.2 Å². The summed E-state index contributed by atoms with van der Waals surface area (Å²) in [4.78, 5) is 51.5. The Balaban J connectivity index is 1.84. The van der Waals surface area contributed by atoms with Crippen LogP contribution in [-0.4, -0.2) is 48.0 Å². The third-order valence-corrected chi connectivity index (χ3v) is 4.90. The van der Waals surface area contributed by atoms with Crippen molar-refractivity contribution in [2.24, 2.45) is 0 Å². The Morgan fingerprint density at radius 2 is 1.56 bits per heavy atom. The predicted molar refractivity (Wildman–Crippen MR) is 115 cm³/mol. The lowest BCUT2D eigenvalue weighted by Gasteiger charge is -2.46. The zero-order valence-electron chi connectivity index (χ0n) is 18.0. The van der Waals surface area contributed by atoms with Gasteiger partial charge in [-0.25, -0.2) is 4.79 Å². The van der Waals surface area contributed by atoms with E-state index in [1.807, 2.05) is 6.07 Å². The molecule has 166 valence electrons. The van der Waals surface area contributed by atoms with Gasteiger partial charge in [-0.3, -0.25) is 19.3 Å². The minimum Gasteiger partial charge on any atom is -0.464 e. The van der Waals surface area contributed by atoms with Crippen molar-refractivity contribution >= 4 is 23.8 Å². The number of ether oxygens (including phenoxy) is 2. The number of nitrogens with one attached hydrogen (secondary N) is 1. The van der Waals surface area contributed by atoms with Crippen LogP contribution in [0.2, 0.25) is 0 Å². The Morgan fingerprint density at radius 1 is 0.969 bits per heavy atom. The number of esters is 2. The highest BCUT2D eigenvalue weighted by molar-refractivity contribution is 6.04. The molecule has 0 spiro atoms. The minimum absolute atomic E-state index is 0.0267. The molecule has 8 heteroatoms. The van der Waals surface area contributed by atoms with Gasteiger partial charge in [0.2, 0.25) is 6.23 Å². The summed E-state index contributed by atoms with van der Waals surface area (Å²) in [5.74, 6) is -2.41. The summed E-state index contributed by atoms with van der Waals surface area (Å²) in [5, 5.41) is 2.60. The lowest BCUT2D eigenvalue weighted by Crippen LogP contribution is -2.72. The second-order valence-corrected chi connectivity index (χ2v) is 7.41. The molecule has 0 aliphatic carbocycles. The smallest absolute Gasteiger partial charge is 0.354 e. The predicted octanol–water partition coefficient (Wildman–Crippen LogP) is 2.21. The second-order valence-electron chi connectivity index (χ2n) is 7.41. The van der Waals surface area contributed by atoms with Crippen molar-refractivity contribution in [2.45, 2.75) is 32.5 Å². The number of β-lactam (4-membered cyclic amide) rings is 1. The molecule has 2 amide bonds. The Hall–Kier alpha value is -3.94. The van der Waals surface area contributed by atoms with Crippen molar-refractivity contribution in [2.75, 3.05) is 7.11 Å². The lowest BCUT2D eigenvalue weighted by atomic mass is 10.0. The molecule has 0 saturated carbocycles.